The van der Waals surface area contributed by atoms with Gasteiger partial charge in [0, 0.05) is 12.7 Å². The zero-order valence-corrected chi connectivity index (χ0v) is 10.3. The third-order valence-electron chi connectivity index (χ3n) is 2.05. The molecule has 5 nitrogen and oxygen atoms in total. The fraction of sp³-hybridized carbons (Fsp3) is 0.364. The first kappa shape index (κ1) is 13.5. The van der Waals surface area contributed by atoms with Crippen molar-refractivity contribution in [3.63, 3.8) is 0 Å². The van der Waals surface area contributed by atoms with Crippen LogP contribution in [0.5, 0.6) is 0 Å². The zero-order valence-electron chi connectivity index (χ0n) is 9.47. The van der Waals surface area contributed by atoms with Crippen molar-refractivity contribution in [1.82, 2.24) is 10.3 Å². The van der Waals surface area contributed by atoms with Crippen molar-refractivity contribution >= 4 is 23.6 Å². The van der Waals surface area contributed by atoms with Gasteiger partial charge in [-0.15, -0.1) is 0 Å². The van der Waals surface area contributed by atoms with Crippen molar-refractivity contribution < 1.29 is 14.7 Å². The molecule has 17 heavy (non-hydrogen) atoms. The maximum Gasteiger partial charge on any atom is 0.335 e. The minimum absolute atomic E-state index is 0.0641. The molecule has 1 amide bonds. The lowest BCUT2D eigenvalue weighted by molar-refractivity contribution is 0.0696. The highest BCUT2D eigenvalue weighted by Gasteiger charge is 2.10. The molecule has 2 N–H and O–H groups in total. The number of thioether (sulfide) groups is 1. The van der Waals surface area contributed by atoms with E-state index >= 15 is 0 Å². The fourth-order valence-corrected chi connectivity index (χ4v) is 1.63. The predicted octanol–water partition coefficient (Wildman–Crippen LogP) is 1.26. The number of nitrogens with one attached hydrogen (secondary N) is 1. The first-order valence-corrected chi connectivity index (χ1v) is 6.51. The van der Waals surface area contributed by atoms with Crippen LogP contribution in [0.2, 0.25) is 0 Å². The molecule has 0 radical (unpaired) electrons. The summed E-state index contributed by atoms with van der Waals surface area (Å²) in [6.45, 7) is 0.568. The monoisotopic (exact) mass is 254 g/mol. The van der Waals surface area contributed by atoms with Crippen molar-refractivity contribution in [3.05, 3.63) is 29.6 Å². The Morgan fingerprint density at radius 3 is 2.94 bits per heavy atom. The lowest BCUT2D eigenvalue weighted by Gasteiger charge is -2.04. The standard InChI is InChI=1S/C11H14N2O3S/c1-17-6-2-4-13-10(14)9-7-8(11(15)16)3-5-12-9/h3,5,7H,2,4,6H2,1H3,(H,13,14)(H,15,16). The maximum atomic E-state index is 11.6. The number of hydrogen-bond acceptors (Lipinski definition) is 4. The third-order valence-corrected chi connectivity index (χ3v) is 2.75. The van der Waals surface area contributed by atoms with Gasteiger partial charge in [-0.25, -0.2) is 4.79 Å². The van der Waals surface area contributed by atoms with Crippen molar-refractivity contribution in [2.45, 2.75) is 6.42 Å². The van der Waals surface area contributed by atoms with Gasteiger partial charge in [-0.3, -0.25) is 9.78 Å². The highest BCUT2D eigenvalue weighted by Crippen LogP contribution is 2.02. The average Bonchev–Trinajstić information content (AvgIpc) is 2.34. The molecule has 1 heterocycles. The molecular formula is C11H14N2O3S. The van der Waals surface area contributed by atoms with E-state index in [1.165, 1.54) is 18.3 Å². The number of pyridine rings is 1. The first-order chi connectivity index (χ1) is 8.15. The molecule has 0 aromatic carbocycles. The van der Waals surface area contributed by atoms with Gasteiger partial charge in [0.1, 0.15) is 5.69 Å². The topological polar surface area (TPSA) is 79.3 Å². The molecule has 0 aliphatic heterocycles. The van der Waals surface area contributed by atoms with E-state index < -0.39 is 5.97 Å². The molecule has 0 aliphatic carbocycles. The van der Waals surface area contributed by atoms with E-state index in [1.54, 1.807) is 11.8 Å². The molecule has 6 heteroatoms. The Labute approximate surface area is 104 Å². The molecular weight excluding hydrogens is 240 g/mol. The summed E-state index contributed by atoms with van der Waals surface area (Å²) >= 11 is 1.71. The summed E-state index contributed by atoms with van der Waals surface area (Å²) in [6, 6.07) is 2.62. The van der Waals surface area contributed by atoms with E-state index in [0.717, 1.165) is 12.2 Å². The van der Waals surface area contributed by atoms with Gasteiger partial charge in [0.2, 0.25) is 0 Å². The Balaban J connectivity index is 2.56. The summed E-state index contributed by atoms with van der Waals surface area (Å²) < 4.78 is 0. The number of carboxylic acids is 1. The van der Waals surface area contributed by atoms with Crippen molar-refractivity contribution in [1.29, 1.82) is 0 Å². The molecule has 0 aliphatic rings. The Morgan fingerprint density at radius 1 is 1.53 bits per heavy atom. The van der Waals surface area contributed by atoms with Gasteiger partial charge >= 0.3 is 5.97 Å². The summed E-state index contributed by atoms with van der Waals surface area (Å²) in [7, 11) is 0. The molecule has 0 bridgehead atoms. The lowest BCUT2D eigenvalue weighted by Crippen LogP contribution is -2.26. The maximum absolute atomic E-state index is 11.6. The van der Waals surface area contributed by atoms with Crippen molar-refractivity contribution in [2.24, 2.45) is 0 Å². The van der Waals surface area contributed by atoms with Crippen molar-refractivity contribution in [3.8, 4) is 0 Å². The van der Waals surface area contributed by atoms with Gasteiger partial charge in [-0.05, 0) is 30.6 Å². The Bertz CT molecular complexity index is 409. The van der Waals surface area contributed by atoms with Crippen LogP contribution < -0.4 is 5.32 Å². The fourth-order valence-electron chi connectivity index (χ4n) is 1.20. The smallest absolute Gasteiger partial charge is 0.335 e. The van der Waals surface area contributed by atoms with Crippen LogP contribution in [0.25, 0.3) is 0 Å². The molecule has 1 rings (SSSR count). The zero-order chi connectivity index (χ0) is 12.7. The number of aromatic carboxylic acids is 1. The van der Waals surface area contributed by atoms with Gasteiger partial charge in [0.15, 0.2) is 0 Å². The van der Waals surface area contributed by atoms with Crippen molar-refractivity contribution in [2.75, 3.05) is 18.6 Å². The highest BCUT2D eigenvalue weighted by molar-refractivity contribution is 7.98. The van der Waals surface area contributed by atoms with Crippen LogP contribution in [0.1, 0.15) is 27.3 Å². The van der Waals surface area contributed by atoms with Crippen LogP contribution in [-0.4, -0.2) is 40.5 Å². The van der Waals surface area contributed by atoms with E-state index in [0.29, 0.717) is 6.54 Å². The molecule has 1 aromatic rings. The molecule has 0 saturated heterocycles. The van der Waals surface area contributed by atoms with Crippen LogP contribution in [0, 0.1) is 0 Å². The van der Waals surface area contributed by atoms with E-state index in [1.807, 2.05) is 6.26 Å². The van der Waals surface area contributed by atoms with E-state index in [4.69, 9.17) is 5.11 Å². The Hall–Kier alpha value is -1.56. The number of hydrogen-bond donors (Lipinski definition) is 2. The lowest BCUT2D eigenvalue weighted by atomic mass is 10.2. The van der Waals surface area contributed by atoms with E-state index in [9.17, 15) is 9.59 Å². The summed E-state index contributed by atoms with van der Waals surface area (Å²) in [5, 5.41) is 11.5. The molecule has 1 aromatic heterocycles. The third kappa shape index (κ3) is 4.44. The van der Waals surface area contributed by atoms with Gasteiger partial charge in [-0.1, -0.05) is 0 Å². The second-order valence-corrected chi connectivity index (χ2v) is 4.32. The molecule has 0 atom stereocenters. The average molecular weight is 254 g/mol. The minimum Gasteiger partial charge on any atom is -0.478 e. The SMILES string of the molecule is CSCCCNC(=O)c1cc(C(=O)O)ccn1. The molecule has 92 valence electrons. The summed E-state index contributed by atoms with van der Waals surface area (Å²) in [6.07, 6.45) is 4.20. The van der Waals surface area contributed by atoms with E-state index in [2.05, 4.69) is 10.3 Å². The van der Waals surface area contributed by atoms with Gasteiger partial charge < -0.3 is 10.4 Å². The quantitative estimate of drug-likeness (QED) is 0.747. The Kier molecular flexibility index (Phi) is 5.48. The number of aromatic nitrogens is 1. The molecule has 0 spiro atoms. The summed E-state index contributed by atoms with van der Waals surface area (Å²) in [5.74, 6) is -0.430. The largest absolute Gasteiger partial charge is 0.478 e. The molecule has 0 saturated carbocycles. The second kappa shape index (κ2) is 6.90. The summed E-state index contributed by atoms with van der Waals surface area (Å²) in [4.78, 5) is 26.2. The number of carboxylic acid groups (broad SMARTS) is 1. The normalized spacial score (nSPS) is 9.94. The number of rotatable bonds is 6. The predicted molar refractivity (Wildman–Crippen MR) is 66.5 cm³/mol. The van der Waals surface area contributed by atoms with Gasteiger partial charge in [0.05, 0.1) is 5.56 Å². The second-order valence-electron chi connectivity index (χ2n) is 3.34. The van der Waals surface area contributed by atoms with Crippen LogP contribution >= 0.6 is 11.8 Å². The Morgan fingerprint density at radius 2 is 2.29 bits per heavy atom. The van der Waals surface area contributed by atoms with Crippen LogP contribution in [0.15, 0.2) is 18.3 Å². The highest BCUT2D eigenvalue weighted by atomic mass is 32.2. The minimum atomic E-state index is -1.07. The molecule has 0 fully saturated rings. The van der Waals surface area contributed by atoms with Crippen LogP contribution in [0.4, 0.5) is 0 Å². The van der Waals surface area contributed by atoms with E-state index in [-0.39, 0.29) is 17.2 Å². The number of amides is 1. The van der Waals surface area contributed by atoms with Gasteiger partial charge in [-0.2, -0.15) is 11.8 Å². The number of carbonyl (C=O) groups is 2. The van der Waals surface area contributed by atoms with Crippen LogP contribution in [-0.2, 0) is 0 Å². The summed E-state index contributed by atoms with van der Waals surface area (Å²) in [5.41, 5.74) is 0.198. The van der Waals surface area contributed by atoms with Gasteiger partial charge in [0.25, 0.3) is 5.91 Å². The van der Waals surface area contributed by atoms with Crippen LogP contribution in [0.3, 0.4) is 0 Å². The number of nitrogens with zero attached hydrogens (tertiary/aromatic N) is 1. The first-order valence-electron chi connectivity index (χ1n) is 5.11. The molecule has 0 unspecified atom stereocenters. The number of carbonyl (C=O) groups excluding carboxylic acids is 1.